The third kappa shape index (κ3) is 13.8. The molecule has 4 aromatic carbocycles. The Morgan fingerprint density at radius 2 is 1.15 bits per heavy atom. The Hall–Kier alpha value is -6.44. The first-order valence-electron chi connectivity index (χ1n) is 21.1. The van der Waals surface area contributed by atoms with E-state index < -0.39 is 53.7 Å². The van der Waals surface area contributed by atoms with Crippen LogP contribution in [0.15, 0.2) is 127 Å². The van der Waals surface area contributed by atoms with Gasteiger partial charge in [-0.05, 0) is 70.7 Å². The van der Waals surface area contributed by atoms with Crippen molar-refractivity contribution >= 4 is 52.3 Å². The van der Waals surface area contributed by atoms with Crippen molar-refractivity contribution in [2.24, 2.45) is 0 Å². The highest BCUT2D eigenvalue weighted by Crippen LogP contribution is 2.21. The van der Waals surface area contributed by atoms with E-state index in [9.17, 15) is 33.9 Å². The van der Waals surface area contributed by atoms with Gasteiger partial charge in [-0.2, -0.15) is 0 Å². The van der Waals surface area contributed by atoms with Gasteiger partial charge in [0.1, 0.15) is 18.1 Å². The smallest absolute Gasteiger partial charge is 0.243 e. The zero-order valence-corrected chi connectivity index (χ0v) is 35.3. The molecular weight excluding hydrogens is 803 g/mol. The predicted octanol–water partition coefficient (Wildman–Crippen LogP) is 5.48. The van der Waals surface area contributed by atoms with Crippen LogP contribution in [0.3, 0.4) is 0 Å². The summed E-state index contributed by atoms with van der Waals surface area (Å²) < 4.78 is 0. The SMILES string of the molecule is O=C1CCC(=O)NC(Cc2cccs2)C(=O)NC(Cc2ccc(-c3ccccc3)cc2)C(=O)NC(Cc2ccccc2)C(=O)NC(C(=O)CCCCCO)Cc2ccc(cc2)N1. The van der Waals surface area contributed by atoms with Crippen LogP contribution in [0, 0.1) is 0 Å². The number of rotatable bonds is 13. The molecule has 2 bridgehead atoms. The van der Waals surface area contributed by atoms with Gasteiger partial charge in [-0.25, -0.2) is 0 Å². The molecule has 1 aromatic heterocycles. The van der Waals surface area contributed by atoms with Gasteiger partial charge >= 0.3 is 0 Å². The molecule has 4 unspecified atom stereocenters. The molecular formula is C49H53N5O7S. The van der Waals surface area contributed by atoms with Crippen molar-refractivity contribution in [3.8, 4) is 11.1 Å². The highest BCUT2D eigenvalue weighted by atomic mass is 32.1. The molecule has 0 saturated heterocycles. The Morgan fingerprint density at radius 3 is 1.77 bits per heavy atom. The van der Waals surface area contributed by atoms with Gasteiger partial charge in [0, 0.05) is 55.7 Å². The van der Waals surface area contributed by atoms with Crippen LogP contribution in [0.4, 0.5) is 5.69 Å². The zero-order valence-electron chi connectivity index (χ0n) is 34.5. The molecule has 0 saturated carbocycles. The average Bonchev–Trinajstić information content (AvgIpc) is 3.80. The summed E-state index contributed by atoms with van der Waals surface area (Å²) in [5.74, 6) is -2.93. The van der Waals surface area contributed by atoms with Crippen molar-refractivity contribution < 1.29 is 33.9 Å². The number of carbonyl (C=O) groups excluding carboxylic acids is 6. The van der Waals surface area contributed by atoms with Crippen LogP contribution in [-0.2, 0) is 54.5 Å². The third-order valence-corrected chi connectivity index (χ3v) is 11.6. The lowest BCUT2D eigenvalue weighted by Gasteiger charge is -2.27. The van der Waals surface area contributed by atoms with E-state index in [1.165, 1.54) is 11.3 Å². The number of benzene rings is 4. The summed E-state index contributed by atoms with van der Waals surface area (Å²) in [7, 11) is 0. The van der Waals surface area contributed by atoms with Crippen molar-refractivity contribution in [2.75, 3.05) is 11.9 Å². The number of hydrogen-bond acceptors (Lipinski definition) is 8. The summed E-state index contributed by atoms with van der Waals surface area (Å²) in [6.07, 6.45) is 1.99. The number of amides is 5. The number of Topliss-reactive ketones (excluding diaryl/α,β-unsaturated/α-hetero) is 1. The first-order valence-corrected chi connectivity index (χ1v) is 21.9. The molecule has 5 amide bonds. The fraction of sp³-hybridized carbons (Fsp3) is 0.306. The Bertz CT molecular complexity index is 2250. The molecule has 13 heteroatoms. The van der Waals surface area contributed by atoms with Crippen LogP contribution < -0.4 is 26.6 Å². The van der Waals surface area contributed by atoms with E-state index >= 15 is 0 Å². The van der Waals surface area contributed by atoms with Gasteiger partial charge in [-0.15, -0.1) is 11.3 Å². The molecule has 0 aliphatic carbocycles. The van der Waals surface area contributed by atoms with E-state index in [0.29, 0.717) is 24.9 Å². The monoisotopic (exact) mass is 855 g/mol. The van der Waals surface area contributed by atoms with Crippen LogP contribution in [0.5, 0.6) is 0 Å². The molecule has 2 aliphatic heterocycles. The van der Waals surface area contributed by atoms with Crippen molar-refractivity contribution in [1.29, 1.82) is 0 Å². The fourth-order valence-electron chi connectivity index (χ4n) is 7.31. The molecule has 5 aromatic rings. The van der Waals surface area contributed by atoms with Crippen molar-refractivity contribution in [1.82, 2.24) is 21.3 Å². The molecule has 7 rings (SSSR count). The molecule has 2 aliphatic rings. The zero-order chi connectivity index (χ0) is 43.7. The van der Waals surface area contributed by atoms with Gasteiger partial charge in [0.05, 0.1) is 6.04 Å². The first-order chi connectivity index (χ1) is 30.1. The summed E-state index contributed by atoms with van der Waals surface area (Å²) in [5, 5.41) is 25.5. The molecule has 12 nitrogen and oxygen atoms in total. The van der Waals surface area contributed by atoms with E-state index in [1.807, 2.05) is 102 Å². The second-order valence-corrected chi connectivity index (χ2v) is 16.5. The highest BCUT2D eigenvalue weighted by Gasteiger charge is 2.32. The van der Waals surface area contributed by atoms with E-state index in [1.54, 1.807) is 24.3 Å². The van der Waals surface area contributed by atoms with Gasteiger partial charge in [-0.1, -0.05) is 110 Å². The van der Waals surface area contributed by atoms with Crippen molar-refractivity contribution in [3.05, 3.63) is 148 Å². The molecule has 62 heavy (non-hydrogen) atoms. The standard InChI is InChI=1S/C49H53N5O7S/c55-27-9-3-8-16-44(56)40-29-35-19-23-38(24-20-35)50-45(57)25-26-46(58)51-43(32-39-15-10-28-62-39)49(61)54-42(31-34-17-21-37(22-18-34)36-13-6-2-7-14-36)48(60)53-41(47(59)52-40)30-33-11-4-1-5-12-33/h1-2,4-7,10-15,17-24,28,40-43,55H,3,8-9,16,25-27,29-32H2,(H,50,57)(H,51,58)(H,52,59)(H,53,60)(H,54,61). The molecule has 322 valence electrons. The Balaban J connectivity index is 1.34. The number of anilines is 1. The highest BCUT2D eigenvalue weighted by molar-refractivity contribution is 7.09. The maximum atomic E-state index is 14.6. The van der Waals surface area contributed by atoms with E-state index in [-0.39, 0.29) is 57.3 Å². The molecule has 4 atom stereocenters. The number of ketones is 1. The largest absolute Gasteiger partial charge is 0.396 e. The second-order valence-electron chi connectivity index (χ2n) is 15.5. The number of nitrogens with one attached hydrogen (secondary N) is 5. The maximum absolute atomic E-state index is 14.6. The molecule has 0 fully saturated rings. The summed E-state index contributed by atoms with van der Waals surface area (Å²) in [6.45, 7) is 0.0145. The lowest BCUT2D eigenvalue weighted by atomic mass is 9.97. The topological polar surface area (TPSA) is 183 Å². The lowest BCUT2D eigenvalue weighted by Crippen LogP contribution is -2.59. The summed E-state index contributed by atoms with van der Waals surface area (Å²) >= 11 is 1.42. The normalized spacial score (nSPS) is 19.3. The third-order valence-electron chi connectivity index (χ3n) is 10.7. The maximum Gasteiger partial charge on any atom is 0.243 e. The summed E-state index contributed by atoms with van der Waals surface area (Å²) in [5.41, 5.74) is 4.70. The lowest BCUT2D eigenvalue weighted by molar-refractivity contribution is -0.134. The van der Waals surface area contributed by atoms with Crippen LogP contribution in [0.25, 0.3) is 11.1 Å². The van der Waals surface area contributed by atoms with Crippen LogP contribution >= 0.6 is 11.3 Å². The van der Waals surface area contributed by atoms with E-state index in [2.05, 4.69) is 26.6 Å². The number of aliphatic hydroxyl groups is 1. The number of unbranched alkanes of at least 4 members (excludes halogenated alkanes) is 2. The van der Waals surface area contributed by atoms with E-state index in [4.69, 9.17) is 0 Å². The Morgan fingerprint density at radius 1 is 0.565 bits per heavy atom. The van der Waals surface area contributed by atoms with Gasteiger partial charge in [0.2, 0.25) is 29.5 Å². The minimum absolute atomic E-state index is 0.0145. The predicted molar refractivity (Wildman–Crippen MR) is 240 cm³/mol. The Kier molecular flexibility index (Phi) is 16.7. The second kappa shape index (κ2) is 23.0. The van der Waals surface area contributed by atoms with Gasteiger partial charge < -0.3 is 31.7 Å². The van der Waals surface area contributed by atoms with Crippen LogP contribution in [-0.4, -0.2) is 71.2 Å². The van der Waals surface area contributed by atoms with Crippen molar-refractivity contribution in [3.63, 3.8) is 0 Å². The average molecular weight is 856 g/mol. The number of hydrogen-bond donors (Lipinski definition) is 6. The van der Waals surface area contributed by atoms with Crippen molar-refractivity contribution in [2.45, 2.75) is 88.4 Å². The Labute approximate surface area is 365 Å². The molecule has 6 N–H and O–H groups in total. The number of carbonyl (C=O) groups is 6. The van der Waals surface area contributed by atoms with Crippen LogP contribution in [0.2, 0.25) is 0 Å². The molecule has 0 spiro atoms. The minimum Gasteiger partial charge on any atom is -0.396 e. The molecule has 3 heterocycles. The number of aliphatic hydroxyl groups excluding tert-OH is 1. The van der Waals surface area contributed by atoms with Crippen LogP contribution in [0.1, 0.15) is 60.1 Å². The summed E-state index contributed by atoms with van der Waals surface area (Å²) in [4.78, 5) is 84.2. The number of fused-ring (bicyclic) bond motifs is 18. The quantitative estimate of drug-likeness (QED) is 0.0670. The minimum atomic E-state index is -1.19. The summed E-state index contributed by atoms with van der Waals surface area (Å²) in [6, 6.07) is 32.9. The van der Waals surface area contributed by atoms with E-state index in [0.717, 1.165) is 32.7 Å². The van der Waals surface area contributed by atoms with Gasteiger partial charge in [0.25, 0.3) is 0 Å². The van der Waals surface area contributed by atoms with Gasteiger partial charge in [-0.3, -0.25) is 28.8 Å². The van der Waals surface area contributed by atoms with Gasteiger partial charge in [0.15, 0.2) is 5.78 Å². The first kappa shape index (κ1) is 45.1. The molecule has 0 radical (unpaired) electrons. The number of thiophene rings is 1. The fourth-order valence-corrected chi connectivity index (χ4v) is 8.06.